The predicted octanol–water partition coefficient (Wildman–Crippen LogP) is 5.45. The van der Waals surface area contributed by atoms with Gasteiger partial charge >= 0.3 is 6.03 Å². The summed E-state index contributed by atoms with van der Waals surface area (Å²) in [6.07, 6.45) is 0. The molecular weight excluding hydrogens is 470 g/mol. The van der Waals surface area contributed by atoms with Gasteiger partial charge in [0.2, 0.25) is 12.6 Å². The van der Waals surface area contributed by atoms with Crippen LogP contribution < -0.4 is 19.7 Å². The van der Waals surface area contributed by atoms with E-state index in [0.29, 0.717) is 34.2 Å². The molecule has 0 spiro atoms. The molecule has 1 aromatic heterocycles. The van der Waals surface area contributed by atoms with Crippen molar-refractivity contribution in [3.8, 4) is 22.9 Å². The van der Waals surface area contributed by atoms with E-state index in [1.54, 1.807) is 25.1 Å². The van der Waals surface area contributed by atoms with Crippen LogP contribution in [0.1, 0.15) is 24.4 Å². The van der Waals surface area contributed by atoms with Crippen molar-refractivity contribution in [2.75, 3.05) is 11.7 Å². The Bertz CT molecular complexity index is 1520. The molecule has 36 heavy (non-hydrogen) atoms. The molecule has 3 heterocycles. The van der Waals surface area contributed by atoms with Crippen LogP contribution in [0.25, 0.3) is 17.0 Å². The number of carbonyl (C=O) groups excluding carboxylic acids is 1. The van der Waals surface area contributed by atoms with Gasteiger partial charge in [0.1, 0.15) is 0 Å². The number of nitrogens with zero attached hydrogens (tertiary/aromatic N) is 3. The van der Waals surface area contributed by atoms with Crippen molar-refractivity contribution in [1.29, 1.82) is 0 Å². The van der Waals surface area contributed by atoms with Gasteiger partial charge < -0.3 is 19.3 Å². The summed E-state index contributed by atoms with van der Waals surface area (Å²) in [5.74, 6) is -0.394. The average molecular weight is 488 g/mol. The van der Waals surface area contributed by atoms with Crippen LogP contribution in [0.5, 0.6) is 11.5 Å². The first kappa shape index (κ1) is 21.8. The summed E-state index contributed by atoms with van der Waals surface area (Å²) in [4.78, 5) is 19.0. The Morgan fingerprint density at radius 2 is 1.78 bits per heavy atom. The lowest BCUT2D eigenvalue weighted by Gasteiger charge is -2.35. The number of ether oxygens (including phenoxy) is 2. The molecule has 4 aromatic rings. The number of carbonyl (C=O) groups is 1. The third-order valence-electron chi connectivity index (χ3n) is 6.07. The number of halogens is 2. The standard InChI is InChI=1S/C26H18F2N4O4/c1-14-22(25-30-24(31-36-25)16-7-10-20-21(11-16)35-13-34-20)23(15-5-3-2-4-6-15)29-26(33)32(14)17-8-9-18(27)19(28)12-17/h2-12,23H,13H2,1H3,(H,29,33). The highest BCUT2D eigenvalue weighted by Gasteiger charge is 2.36. The number of fused-ring (bicyclic) bond motifs is 1. The topological polar surface area (TPSA) is 89.7 Å². The molecule has 0 aliphatic carbocycles. The minimum atomic E-state index is -1.07. The number of amides is 2. The number of urea groups is 1. The molecule has 0 radical (unpaired) electrons. The molecular formula is C26H18F2N4O4. The Hall–Kier alpha value is -4.73. The van der Waals surface area contributed by atoms with E-state index in [1.165, 1.54) is 11.0 Å². The number of rotatable bonds is 4. The van der Waals surface area contributed by atoms with Crippen LogP contribution in [0.2, 0.25) is 0 Å². The molecule has 10 heteroatoms. The SMILES string of the molecule is CC1=C(c2nc(-c3ccc4c(c3)OCO4)no2)C(c2ccccc2)NC(=O)N1c1ccc(F)c(F)c1. The maximum Gasteiger partial charge on any atom is 0.327 e. The number of hydrogen-bond donors (Lipinski definition) is 1. The first-order valence-electron chi connectivity index (χ1n) is 11.0. The van der Waals surface area contributed by atoms with Crippen LogP contribution in [-0.2, 0) is 0 Å². The van der Waals surface area contributed by atoms with Gasteiger partial charge in [-0.05, 0) is 42.8 Å². The summed E-state index contributed by atoms with van der Waals surface area (Å²) >= 11 is 0. The number of allylic oxidation sites excluding steroid dienone is 1. The Labute approximate surface area is 203 Å². The summed E-state index contributed by atoms with van der Waals surface area (Å²) in [6, 6.07) is 16.7. The maximum absolute atomic E-state index is 14.0. The predicted molar refractivity (Wildman–Crippen MR) is 125 cm³/mol. The zero-order valence-corrected chi connectivity index (χ0v) is 18.9. The van der Waals surface area contributed by atoms with Gasteiger partial charge in [-0.15, -0.1) is 0 Å². The summed E-state index contributed by atoms with van der Waals surface area (Å²) in [5.41, 5.74) is 2.54. The fourth-order valence-corrected chi connectivity index (χ4v) is 4.34. The summed E-state index contributed by atoms with van der Waals surface area (Å²) in [6.45, 7) is 1.83. The van der Waals surface area contributed by atoms with Crippen LogP contribution in [0.4, 0.5) is 19.3 Å². The zero-order chi connectivity index (χ0) is 24.8. The second-order valence-electron chi connectivity index (χ2n) is 8.22. The van der Waals surface area contributed by atoms with Gasteiger partial charge in [-0.1, -0.05) is 35.5 Å². The maximum atomic E-state index is 14.0. The minimum Gasteiger partial charge on any atom is -0.454 e. The highest BCUT2D eigenvalue weighted by molar-refractivity contribution is 6.01. The number of anilines is 1. The average Bonchev–Trinajstić information content (AvgIpc) is 3.56. The van der Waals surface area contributed by atoms with E-state index in [2.05, 4.69) is 15.5 Å². The third kappa shape index (κ3) is 3.63. The number of benzene rings is 3. The Morgan fingerprint density at radius 3 is 2.58 bits per heavy atom. The van der Waals surface area contributed by atoms with Crippen molar-refractivity contribution in [3.05, 3.63) is 95.5 Å². The lowest BCUT2D eigenvalue weighted by atomic mass is 9.94. The van der Waals surface area contributed by atoms with Crippen molar-refractivity contribution in [1.82, 2.24) is 15.5 Å². The van der Waals surface area contributed by atoms with E-state index >= 15 is 0 Å². The Kier molecular flexibility index (Phi) is 5.14. The van der Waals surface area contributed by atoms with Gasteiger partial charge in [0.25, 0.3) is 5.89 Å². The molecule has 1 atom stereocenters. The quantitative estimate of drug-likeness (QED) is 0.411. The molecule has 0 bridgehead atoms. The van der Waals surface area contributed by atoms with E-state index in [-0.39, 0.29) is 18.4 Å². The lowest BCUT2D eigenvalue weighted by molar-refractivity contribution is 0.174. The van der Waals surface area contributed by atoms with Crippen molar-refractivity contribution in [2.45, 2.75) is 13.0 Å². The summed E-state index contributed by atoms with van der Waals surface area (Å²) < 4.78 is 44.1. The highest BCUT2D eigenvalue weighted by atomic mass is 19.2. The van der Waals surface area contributed by atoms with Gasteiger partial charge in [0, 0.05) is 17.3 Å². The minimum absolute atomic E-state index is 0.140. The monoisotopic (exact) mass is 488 g/mol. The van der Waals surface area contributed by atoms with Crippen LogP contribution in [0.15, 0.2) is 77.0 Å². The van der Waals surface area contributed by atoms with Crippen molar-refractivity contribution < 1.29 is 27.6 Å². The summed E-state index contributed by atoms with van der Waals surface area (Å²) in [5, 5.41) is 7.06. The number of aromatic nitrogens is 2. The number of nitrogens with one attached hydrogen (secondary N) is 1. The zero-order valence-electron chi connectivity index (χ0n) is 18.9. The highest BCUT2D eigenvalue weighted by Crippen LogP contribution is 2.40. The molecule has 2 amide bonds. The van der Waals surface area contributed by atoms with Gasteiger partial charge in [0.05, 0.1) is 17.3 Å². The van der Waals surface area contributed by atoms with Crippen LogP contribution in [0.3, 0.4) is 0 Å². The van der Waals surface area contributed by atoms with Crippen LogP contribution in [0, 0.1) is 11.6 Å². The molecule has 0 fully saturated rings. The van der Waals surface area contributed by atoms with E-state index < -0.39 is 23.7 Å². The van der Waals surface area contributed by atoms with E-state index in [4.69, 9.17) is 14.0 Å². The first-order valence-corrected chi connectivity index (χ1v) is 11.0. The molecule has 6 rings (SSSR count). The van der Waals surface area contributed by atoms with Crippen LogP contribution >= 0.6 is 0 Å². The second kappa shape index (κ2) is 8.49. The van der Waals surface area contributed by atoms with Gasteiger partial charge in [-0.2, -0.15) is 4.98 Å². The molecule has 0 saturated carbocycles. The smallest absolute Gasteiger partial charge is 0.327 e. The fourth-order valence-electron chi connectivity index (χ4n) is 4.34. The molecule has 2 aliphatic rings. The van der Waals surface area contributed by atoms with Gasteiger partial charge in [-0.3, -0.25) is 4.90 Å². The molecule has 2 aliphatic heterocycles. The van der Waals surface area contributed by atoms with Crippen LogP contribution in [-0.4, -0.2) is 23.0 Å². The third-order valence-corrected chi connectivity index (χ3v) is 6.07. The molecule has 0 saturated heterocycles. The van der Waals surface area contributed by atoms with Crippen molar-refractivity contribution in [2.24, 2.45) is 0 Å². The Balaban J connectivity index is 1.47. The molecule has 1 N–H and O–H groups in total. The molecule has 3 aromatic carbocycles. The van der Waals surface area contributed by atoms with E-state index in [0.717, 1.165) is 17.7 Å². The lowest BCUT2D eigenvalue weighted by Crippen LogP contribution is -2.46. The van der Waals surface area contributed by atoms with Gasteiger partial charge in [0.15, 0.2) is 23.1 Å². The van der Waals surface area contributed by atoms with Crippen molar-refractivity contribution in [3.63, 3.8) is 0 Å². The molecule has 180 valence electrons. The Morgan fingerprint density at radius 1 is 0.972 bits per heavy atom. The largest absolute Gasteiger partial charge is 0.454 e. The molecule has 8 nitrogen and oxygen atoms in total. The fraction of sp³-hybridized carbons (Fsp3) is 0.115. The second-order valence-corrected chi connectivity index (χ2v) is 8.22. The van der Waals surface area contributed by atoms with E-state index in [1.807, 2.05) is 30.3 Å². The summed E-state index contributed by atoms with van der Waals surface area (Å²) in [7, 11) is 0. The molecule has 1 unspecified atom stereocenters. The van der Waals surface area contributed by atoms with Gasteiger partial charge in [-0.25, -0.2) is 13.6 Å². The van der Waals surface area contributed by atoms with Crippen molar-refractivity contribution >= 4 is 17.3 Å². The number of hydrogen-bond acceptors (Lipinski definition) is 6. The normalized spacial score (nSPS) is 16.9. The van der Waals surface area contributed by atoms with E-state index in [9.17, 15) is 13.6 Å². The first-order chi connectivity index (χ1) is 17.5.